The predicted octanol–water partition coefficient (Wildman–Crippen LogP) is 7.87. The Bertz CT molecular complexity index is 1900. The smallest absolute Gasteiger partial charge is 0.416 e. The largest absolute Gasteiger partial charge is 0.507 e. The zero-order valence-corrected chi connectivity index (χ0v) is 32.1. The summed E-state index contributed by atoms with van der Waals surface area (Å²) in [4.78, 5) is 46.6. The number of anilines is 2. The molecule has 3 aromatic rings. The third-order valence-corrected chi connectivity index (χ3v) is 11.4. The molecule has 2 saturated heterocycles. The van der Waals surface area contributed by atoms with Crippen LogP contribution in [0.2, 0.25) is 0 Å². The molecule has 13 heteroatoms. The minimum Gasteiger partial charge on any atom is -0.507 e. The summed E-state index contributed by atoms with van der Waals surface area (Å²) in [6.45, 7) is 5.57. The van der Waals surface area contributed by atoms with Gasteiger partial charge >= 0.3 is 6.09 Å². The van der Waals surface area contributed by atoms with Gasteiger partial charge in [-0.25, -0.2) is 9.69 Å². The summed E-state index contributed by atoms with van der Waals surface area (Å²) in [5.41, 5.74) is 2.34. The number of piperidine rings is 1. The van der Waals surface area contributed by atoms with Crippen LogP contribution in [0.15, 0.2) is 55.1 Å². The highest BCUT2D eigenvalue weighted by atomic mass is 35.5. The molecule has 12 nitrogen and oxygen atoms in total. The monoisotopic (exact) mass is 775 g/mol. The lowest BCUT2D eigenvalue weighted by Crippen LogP contribution is -2.57. The lowest BCUT2D eigenvalue weighted by molar-refractivity contribution is -0.198. The van der Waals surface area contributed by atoms with Gasteiger partial charge in [-0.05, 0) is 74.8 Å². The fourth-order valence-corrected chi connectivity index (χ4v) is 8.60. The van der Waals surface area contributed by atoms with Gasteiger partial charge in [0.1, 0.15) is 12.4 Å². The van der Waals surface area contributed by atoms with Crippen LogP contribution in [0.4, 0.5) is 16.2 Å². The Morgan fingerprint density at radius 1 is 1.02 bits per heavy atom. The van der Waals surface area contributed by atoms with E-state index in [2.05, 4.69) is 6.58 Å². The van der Waals surface area contributed by atoms with Crippen molar-refractivity contribution in [3.63, 3.8) is 0 Å². The molecule has 2 fully saturated rings. The molecule has 3 amide bonds. The van der Waals surface area contributed by atoms with Crippen LogP contribution in [0.1, 0.15) is 86.0 Å². The van der Waals surface area contributed by atoms with Crippen LogP contribution in [0, 0.1) is 0 Å². The summed E-state index contributed by atoms with van der Waals surface area (Å²) in [5, 5.41) is 12.4. The number of benzene rings is 3. The van der Waals surface area contributed by atoms with Crippen molar-refractivity contribution < 1.29 is 43.2 Å². The van der Waals surface area contributed by atoms with Crippen LogP contribution in [-0.4, -0.2) is 92.4 Å². The molecule has 55 heavy (non-hydrogen) atoms. The maximum atomic E-state index is 14.2. The molecular formula is C42H50ClN3O9. The number of aromatic hydroxyl groups is 1. The van der Waals surface area contributed by atoms with Crippen molar-refractivity contribution in [2.45, 2.75) is 88.7 Å². The molecule has 4 atom stereocenters. The predicted molar refractivity (Wildman–Crippen MR) is 210 cm³/mol. The Balaban J connectivity index is 1.05. The quantitative estimate of drug-likeness (QED) is 0.105. The molecule has 0 bridgehead atoms. The number of unbranched alkanes of at least 4 members (excludes halogenated alkanes) is 2. The van der Waals surface area contributed by atoms with Gasteiger partial charge in [0.25, 0.3) is 5.91 Å². The molecule has 4 aliphatic rings. The average Bonchev–Trinajstić information content (AvgIpc) is 3.55. The van der Waals surface area contributed by atoms with Crippen molar-refractivity contribution in [3.8, 4) is 17.2 Å². The molecule has 294 valence electrons. The van der Waals surface area contributed by atoms with E-state index < -0.39 is 24.7 Å². The Morgan fingerprint density at radius 2 is 1.84 bits per heavy atom. The van der Waals surface area contributed by atoms with Gasteiger partial charge in [-0.3, -0.25) is 9.59 Å². The molecule has 0 saturated carbocycles. The zero-order chi connectivity index (χ0) is 38.5. The molecular weight excluding hydrogens is 726 g/mol. The lowest BCUT2D eigenvalue weighted by Gasteiger charge is -2.42. The standard InChI is InChI=1S/C42H50ClN3O9/c1-3-19-54-42(50)46-32-24-36(35(51-2)22-30(32)40(49)44-18-10-8-15-31(44)41(46)55-38-17-9-12-21-53-38)52-20-11-4-5-16-37(48)45-26-27(25-43)39-29-14-7-6-13-28(29)34(47)23-33(39)45/h3,6-7,13-14,22-24,27,31,38,41,47H,1,4-5,8-12,15-21,25-26H2,2H3/t27-,31?,38?,41+/m1/s1. The van der Waals surface area contributed by atoms with Crippen molar-refractivity contribution in [1.29, 1.82) is 0 Å². The Labute approximate surface area is 326 Å². The maximum Gasteiger partial charge on any atom is 0.416 e. The lowest BCUT2D eigenvalue weighted by atomic mass is 9.95. The molecule has 0 radical (unpaired) electrons. The number of amides is 3. The first-order chi connectivity index (χ1) is 26.8. The number of carbonyl (C=O) groups is 3. The number of phenolic OH excluding ortho intramolecular Hbond substituents is 1. The minimum atomic E-state index is -0.852. The number of fused-ring (bicyclic) bond motifs is 5. The Kier molecular flexibility index (Phi) is 12.3. The second kappa shape index (κ2) is 17.5. The van der Waals surface area contributed by atoms with Crippen LogP contribution < -0.4 is 19.3 Å². The highest BCUT2D eigenvalue weighted by molar-refractivity contribution is 6.19. The van der Waals surface area contributed by atoms with E-state index in [0.717, 1.165) is 47.7 Å². The summed E-state index contributed by atoms with van der Waals surface area (Å²) in [6, 6.07) is 12.2. The van der Waals surface area contributed by atoms with Gasteiger partial charge in [-0.15, -0.1) is 11.6 Å². The van der Waals surface area contributed by atoms with Crippen LogP contribution in [0.25, 0.3) is 10.8 Å². The summed E-state index contributed by atoms with van der Waals surface area (Å²) in [6.07, 6.45) is 6.73. The zero-order valence-electron chi connectivity index (χ0n) is 31.4. The number of hydrogen-bond donors (Lipinski definition) is 1. The van der Waals surface area contributed by atoms with E-state index in [1.54, 1.807) is 28.0 Å². The van der Waals surface area contributed by atoms with Gasteiger partial charge in [0.2, 0.25) is 5.91 Å². The van der Waals surface area contributed by atoms with Crippen LogP contribution in [-0.2, 0) is 19.0 Å². The SMILES string of the molecule is C=CCOC(=O)N1c2cc(OCCCCCC(=O)N3C[C@@H](CCl)c4c3cc(O)c3ccccc43)c(OC)cc2C(=O)N2CCCCC2[C@@H]1OC1CCCCO1. The molecule has 7 rings (SSSR count). The van der Waals surface area contributed by atoms with Crippen LogP contribution in [0.5, 0.6) is 17.2 Å². The second-order valence-corrected chi connectivity index (χ2v) is 14.8. The number of methoxy groups -OCH3 is 1. The summed E-state index contributed by atoms with van der Waals surface area (Å²) >= 11 is 6.37. The average molecular weight is 776 g/mol. The first-order valence-electron chi connectivity index (χ1n) is 19.4. The van der Waals surface area contributed by atoms with E-state index in [0.29, 0.717) is 93.5 Å². The summed E-state index contributed by atoms with van der Waals surface area (Å²) in [7, 11) is 1.52. The molecule has 1 N–H and O–H groups in total. The molecule has 0 aromatic heterocycles. The van der Waals surface area contributed by atoms with Gasteiger partial charge in [0, 0.05) is 55.4 Å². The number of rotatable bonds is 13. The molecule has 4 aliphatic heterocycles. The highest BCUT2D eigenvalue weighted by Crippen LogP contribution is 2.46. The summed E-state index contributed by atoms with van der Waals surface area (Å²) < 4.78 is 30.2. The van der Waals surface area contributed by atoms with Crippen LogP contribution in [0.3, 0.4) is 0 Å². The normalized spacial score (nSPS) is 22.1. The van der Waals surface area contributed by atoms with E-state index in [4.69, 9.17) is 35.3 Å². The van der Waals surface area contributed by atoms with E-state index in [1.165, 1.54) is 18.1 Å². The topological polar surface area (TPSA) is 127 Å². The third kappa shape index (κ3) is 7.95. The third-order valence-electron chi connectivity index (χ3n) is 11.0. The number of carbonyl (C=O) groups excluding carboxylic acids is 3. The first kappa shape index (κ1) is 38.7. The van der Waals surface area contributed by atoms with E-state index >= 15 is 0 Å². The maximum absolute atomic E-state index is 14.2. The fourth-order valence-electron chi connectivity index (χ4n) is 8.35. The number of halogens is 1. The van der Waals surface area contributed by atoms with E-state index in [-0.39, 0.29) is 30.1 Å². The molecule has 4 heterocycles. The molecule has 0 aliphatic carbocycles. The number of ether oxygens (including phenoxy) is 5. The van der Waals surface area contributed by atoms with Gasteiger partial charge in [-0.1, -0.05) is 36.9 Å². The molecule has 2 unspecified atom stereocenters. The fraction of sp³-hybridized carbons (Fsp3) is 0.500. The van der Waals surface area contributed by atoms with Gasteiger partial charge < -0.3 is 38.6 Å². The van der Waals surface area contributed by atoms with Crippen molar-refractivity contribution in [2.24, 2.45) is 0 Å². The Morgan fingerprint density at radius 3 is 2.60 bits per heavy atom. The van der Waals surface area contributed by atoms with Crippen LogP contribution >= 0.6 is 11.6 Å². The first-order valence-corrected chi connectivity index (χ1v) is 20.0. The molecule has 0 spiro atoms. The second-order valence-electron chi connectivity index (χ2n) is 14.5. The number of alkyl halides is 1. The van der Waals surface area contributed by atoms with Crippen molar-refractivity contribution in [1.82, 2.24) is 4.90 Å². The number of nitrogens with zero attached hydrogens (tertiary/aromatic N) is 3. The van der Waals surface area contributed by atoms with Gasteiger partial charge in [0.15, 0.2) is 24.0 Å². The van der Waals surface area contributed by atoms with Crippen molar-refractivity contribution in [3.05, 3.63) is 66.2 Å². The number of hydrogen-bond acceptors (Lipinski definition) is 9. The van der Waals surface area contributed by atoms with Crippen molar-refractivity contribution in [2.75, 3.05) is 55.7 Å². The summed E-state index contributed by atoms with van der Waals surface area (Å²) in [5.74, 6) is 0.998. The van der Waals surface area contributed by atoms with E-state index in [1.807, 2.05) is 24.3 Å². The van der Waals surface area contributed by atoms with Gasteiger partial charge in [0.05, 0.1) is 36.7 Å². The minimum absolute atomic E-state index is 0.0153. The number of phenols is 1. The Hall–Kier alpha value is -4.52. The molecule has 3 aromatic carbocycles. The van der Waals surface area contributed by atoms with E-state index in [9.17, 15) is 19.5 Å². The van der Waals surface area contributed by atoms with Gasteiger partial charge in [-0.2, -0.15) is 0 Å². The van der Waals surface area contributed by atoms with Crippen molar-refractivity contribution >= 4 is 51.7 Å². The highest BCUT2D eigenvalue weighted by Gasteiger charge is 2.47.